The molecule has 64 heavy (non-hydrogen) atoms. The number of hydrogen-bond acceptors (Lipinski definition) is 2. The van der Waals surface area contributed by atoms with Crippen molar-refractivity contribution >= 4 is 66.7 Å². The maximum Gasteiger partial charge on any atom is 0.0619 e. The van der Waals surface area contributed by atoms with Crippen LogP contribution in [0.3, 0.4) is 0 Å². The Hall–Kier alpha value is -8.14. The van der Waals surface area contributed by atoms with E-state index in [1.165, 1.54) is 54.9 Å². The minimum absolute atomic E-state index is 0.109. The Morgan fingerprint density at radius 3 is 1.56 bits per heavy atom. The summed E-state index contributed by atoms with van der Waals surface area (Å²) in [6.07, 6.45) is 0. The summed E-state index contributed by atoms with van der Waals surface area (Å²) in [4.78, 5) is 4.78. The maximum atomic E-state index is 2.48. The highest BCUT2D eigenvalue weighted by Gasteiger charge is 2.36. The molecule has 0 aliphatic heterocycles. The zero-order valence-corrected chi connectivity index (χ0v) is 35.9. The van der Waals surface area contributed by atoms with Gasteiger partial charge in [0, 0.05) is 61.4 Å². The van der Waals surface area contributed by atoms with Gasteiger partial charge in [0.05, 0.1) is 11.0 Å². The number of benzene rings is 10. The van der Waals surface area contributed by atoms with Crippen LogP contribution in [0.5, 0.6) is 0 Å². The molecule has 10 aromatic carbocycles. The molecule has 0 unspecified atom stereocenters. The molecule has 1 aliphatic carbocycles. The van der Waals surface area contributed by atoms with Crippen molar-refractivity contribution in [2.24, 2.45) is 0 Å². The third-order valence-corrected chi connectivity index (χ3v) is 13.3. The van der Waals surface area contributed by atoms with Gasteiger partial charge in [-0.25, -0.2) is 0 Å². The highest BCUT2D eigenvalue weighted by molar-refractivity contribution is 6.23. The van der Waals surface area contributed by atoms with Gasteiger partial charge in [-0.1, -0.05) is 166 Å². The summed E-state index contributed by atoms with van der Waals surface area (Å²) in [7, 11) is 0. The average molecular weight is 820 g/mol. The highest BCUT2D eigenvalue weighted by atomic mass is 15.1. The van der Waals surface area contributed by atoms with Crippen molar-refractivity contribution in [3.8, 4) is 27.9 Å². The summed E-state index contributed by atoms with van der Waals surface area (Å²) in [5, 5.41) is 4.89. The first kappa shape index (κ1) is 37.6. The van der Waals surface area contributed by atoms with Crippen molar-refractivity contribution in [2.45, 2.75) is 19.3 Å². The lowest BCUT2D eigenvalue weighted by Crippen LogP contribution is -2.16. The van der Waals surface area contributed by atoms with Crippen molar-refractivity contribution in [1.29, 1.82) is 0 Å². The number of rotatable bonds is 8. The zero-order chi connectivity index (χ0) is 42.8. The minimum atomic E-state index is -0.109. The summed E-state index contributed by atoms with van der Waals surface area (Å²) < 4.78 is 2.48. The Morgan fingerprint density at radius 2 is 0.891 bits per heavy atom. The SMILES string of the molecule is CC1(C)c2ccccc2-c2ccc(N(c3ccccc3)c3ccc(-c4cc(N(c5ccccc5)c5ccccc5)cc5c4c4ccc6ccccc6c4n5-c4ccccc4)cc3)cc21. The van der Waals surface area contributed by atoms with Gasteiger partial charge in [0.25, 0.3) is 0 Å². The molecule has 0 atom stereocenters. The molecular weight excluding hydrogens is 775 g/mol. The number of para-hydroxylation sites is 4. The lowest BCUT2D eigenvalue weighted by molar-refractivity contribution is 0.660. The van der Waals surface area contributed by atoms with E-state index in [4.69, 9.17) is 0 Å². The number of hydrogen-bond donors (Lipinski definition) is 0. The van der Waals surface area contributed by atoms with E-state index < -0.39 is 0 Å². The fourth-order valence-electron chi connectivity index (χ4n) is 10.3. The van der Waals surface area contributed by atoms with E-state index in [-0.39, 0.29) is 5.41 Å². The Kier molecular flexibility index (Phi) is 8.84. The molecular formula is C61H45N3. The third kappa shape index (κ3) is 6.04. The van der Waals surface area contributed by atoms with Gasteiger partial charge in [-0.15, -0.1) is 0 Å². The summed E-state index contributed by atoms with van der Waals surface area (Å²) in [6.45, 7) is 4.71. The van der Waals surface area contributed by atoms with Gasteiger partial charge in [0.2, 0.25) is 0 Å². The Bertz CT molecular complexity index is 3460. The highest BCUT2D eigenvalue weighted by Crippen LogP contribution is 2.51. The van der Waals surface area contributed by atoms with Crippen LogP contribution in [0, 0.1) is 0 Å². The molecule has 11 aromatic rings. The number of anilines is 6. The standard InChI is InChI=1S/C61H45N3/c1-61(2)56-30-18-17-29-52(56)53-38-36-49(40-57(53)61)62(44-20-7-3-8-21-44)48-34-31-43(32-35-48)55-39-50(63(45-22-9-4-10-23-45)46-24-11-5-12-25-46)41-58-59(55)54-37-33-42-19-15-16-28-51(42)60(54)64(58)47-26-13-6-14-27-47/h3-41H,1-2H3. The average Bonchev–Trinajstić information content (AvgIpc) is 3.81. The van der Waals surface area contributed by atoms with E-state index in [9.17, 15) is 0 Å². The van der Waals surface area contributed by atoms with Crippen LogP contribution in [0.2, 0.25) is 0 Å². The van der Waals surface area contributed by atoms with E-state index in [2.05, 4.69) is 265 Å². The molecule has 0 fully saturated rings. The first-order valence-electron chi connectivity index (χ1n) is 22.2. The van der Waals surface area contributed by atoms with E-state index in [0.29, 0.717) is 0 Å². The monoisotopic (exact) mass is 819 g/mol. The van der Waals surface area contributed by atoms with Crippen LogP contribution in [0.15, 0.2) is 237 Å². The molecule has 3 nitrogen and oxygen atoms in total. The number of fused-ring (bicyclic) bond motifs is 8. The lowest BCUT2D eigenvalue weighted by atomic mass is 9.82. The zero-order valence-electron chi connectivity index (χ0n) is 35.9. The minimum Gasteiger partial charge on any atom is -0.310 e. The van der Waals surface area contributed by atoms with Gasteiger partial charge in [-0.05, 0) is 124 Å². The molecule has 1 heterocycles. The van der Waals surface area contributed by atoms with Gasteiger partial charge in [-0.2, -0.15) is 0 Å². The van der Waals surface area contributed by atoms with Gasteiger partial charge in [0.15, 0.2) is 0 Å². The van der Waals surface area contributed by atoms with Crippen LogP contribution < -0.4 is 9.80 Å². The molecule has 304 valence electrons. The second kappa shape index (κ2) is 15.0. The quantitative estimate of drug-likeness (QED) is 0.151. The van der Waals surface area contributed by atoms with Crippen molar-refractivity contribution < 1.29 is 0 Å². The van der Waals surface area contributed by atoms with Crippen molar-refractivity contribution in [3.63, 3.8) is 0 Å². The van der Waals surface area contributed by atoms with E-state index in [1.807, 2.05) is 0 Å². The number of nitrogens with zero attached hydrogens (tertiary/aromatic N) is 3. The summed E-state index contributed by atoms with van der Waals surface area (Å²) in [5.41, 5.74) is 17.7. The Labute approximate surface area is 374 Å². The van der Waals surface area contributed by atoms with Crippen molar-refractivity contribution in [2.75, 3.05) is 9.80 Å². The van der Waals surface area contributed by atoms with Gasteiger partial charge < -0.3 is 14.4 Å². The molecule has 1 aliphatic rings. The molecule has 0 spiro atoms. The van der Waals surface area contributed by atoms with Crippen LogP contribution in [0.25, 0.3) is 60.5 Å². The third-order valence-electron chi connectivity index (χ3n) is 13.3. The first-order chi connectivity index (χ1) is 31.5. The lowest BCUT2D eigenvalue weighted by Gasteiger charge is -2.28. The van der Waals surface area contributed by atoms with Crippen molar-refractivity contribution in [1.82, 2.24) is 4.57 Å². The normalized spacial score (nSPS) is 12.7. The molecule has 3 heteroatoms. The summed E-state index contributed by atoms with van der Waals surface area (Å²) in [5.74, 6) is 0. The molecule has 0 radical (unpaired) electrons. The first-order valence-corrected chi connectivity index (χ1v) is 22.2. The van der Waals surface area contributed by atoms with Gasteiger partial charge >= 0.3 is 0 Å². The molecule has 0 saturated carbocycles. The van der Waals surface area contributed by atoms with Crippen LogP contribution in [-0.2, 0) is 5.41 Å². The van der Waals surface area contributed by atoms with Crippen molar-refractivity contribution in [3.05, 3.63) is 248 Å². The molecule has 1 aromatic heterocycles. The summed E-state index contributed by atoms with van der Waals surface area (Å²) in [6, 6.07) is 86.3. The molecule has 0 amide bonds. The van der Waals surface area contributed by atoms with Gasteiger partial charge in [-0.3, -0.25) is 0 Å². The largest absolute Gasteiger partial charge is 0.310 e. The van der Waals surface area contributed by atoms with E-state index in [1.54, 1.807) is 0 Å². The van der Waals surface area contributed by atoms with Crippen LogP contribution in [0.1, 0.15) is 25.0 Å². The van der Waals surface area contributed by atoms with E-state index >= 15 is 0 Å². The molecule has 0 bridgehead atoms. The van der Waals surface area contributed by atoms with Crippen LogP contribution in [0.4, 0.5) is 34.1 Å². The molecule has 0 saturated heterocycles. The fraction of sp³-hybridized carbons (Fsp3) is 0.0492. The molecule has 0 N–H and O–H groups in total. The predicted octanol–water partition coefficient (Wildman–Crippen LogP) is 16.8. The Morgan fingerprint density at radius 1 is 0.359 bits per heavy atom. The number of aromatic nitrogens is 1. The summed E-state index contributed by atoms with van der Waals surface area (Å²) >= 11 is 0. The van der Waals surface area contributed by atoms with Gasteiger partial charge in [0.1, 0.15) is 0 Å². The van der Waals surface area contributed by atoms with Crippen LogP contribution >= 0.6 is 0 Å². The smallest absolute Gasteiger partial charge is 0.0619 e. The van der Waals surface area contributed by atoms with E-state index in [0.717, 1.165) is 50.9 Å². The predicted molar refractivity (Wildman–Crippen MR) is 271 cm³/mol. The van der Waals surface area contributed by atoms with Crippen LogP contribution in [-0.4, -0.2) is 4.57 Å². The topological polar surface area (TPSA) is 11.4 Å². The molecule has 12 rings (SSSR count). The second-order valence-corrected chi connectivity index (χ2v) is 17.4. The maximum absolute atomic E-state index is 2.48. The second-order valence-electron chi connectivity index (χ2n) is 17.4. The Balaban J connectivity index is 1.10. The fourth-order valence-corrected chi connectivity index (χ4v) is 10.3.